The average molecular weight is 506 g/mol. The lowest BCUT2D eigenvalue weighted by molar-refractivity contribution is 0.103. The second-order valence-corrected chi connectivity index (χ2v) is 9.50. The highest BCUT2D eigenvalue weighted by Gasteiger charge is 2.25. The molecule has 4 aromatic rings. The molecule has 0 amide bonds. The molecule has 38 heavy (non-hydrogen) atoms. The average Bonchev–Trinajstić information content (AvgIpc) is 3.61. The maximum Gasteiger partial charge on any atom is 0.191 e. The van der Waals surface area contributed by atoms with E-state index in [-0.39, 0.29) is 5.78 Å². The van der Waals surface area contributed by atoms with Crippen molar-refractivity contribution < 1.29 is 19.4 Å². The number of ketones is 1. The molecular formula is C33H31NO4. The van der Waals surface area contributed by atoms with Crippen LogP contribution in [0.15, 0.2) is 103 Å². The highest BCUT2D eigenvalue weighted by atomic mass is 16.5. The lowest BCUT2D eigenvalue weighted by atomic mass is 9.96. The summed E-state index contributed by atoms with van der Waals surface area (Å²) in [5.41, 5.74) is 6.60. The Morgan fingerprint density at radius 2 is 1.82 bits per heavy atom. The van der Waals surface area contributed by atoms with E-state index in [1.54, 1.807) is 13.2 Å². The predicted octanol–water partition coefficient (Wildman–Crippen LogP) is 6.83. The first-order valence-corrected chi connectivity index (χ1v) is 12.7. The number of allylic oxidation sites excluding steroid dienone is 4. The second-order valence-electron chi connectivity index (χ2n) is 9.50. The van der Waals surface area contributed by atoms with Crippen molar-refractivity contribution in [1.29, 1.82) is 0 Å². The summed E-state index contributed by atoms with van der Waals surface area (Å²) < 4.78 is 13.5. The number of aliphatic hydroxyl groups excluding tert-OH is 1. The fraction of sp³-hybridized carbons (Fsp3) is 0.182. The van der Waals surface area contributed by atoms with E-state index >= 15 is 0 Å². The van der Waals surface area contributed by atoms with Gasteiger partial charge in [0.25, 0.3) is 0 Å². The number of nitrogens with zero attached hydrogens (tertiary/aromatic N) is 1. The number of aryl methyl sites for hydroxylation is 2. The molecule has 5 rings (SSSR count). The fourth-order valence-corrected chi connectivity index (χ4v) is 4.90. The number of hydrogen-bond donors (Lipinski definition) is 1. The molecule has 192 valence electrons. The van der Waals surface area contributed by atoms with Crippen LogP contribution >= 0.6 is 0 Å². The maximum atomic E-state index is 13.5. The summed E-state index contributed by atoms with van der Waals surface area (Å²) in [5, 5.41) is 11.5. The van der Waals surface area contributed by atoms with Crippen molar-refractivity contribution in [2.75, 3.05) is 7.11 Å². The third-order valence-electron chi connectivity index (χ3n) is 6.88. The molecule has 0 aliphatic heterocycles. The van der Waals surface area contributed by atoms with Gasteiger partial charge in [0.05, 0.1) is 18.5 Å². The SMILES string of the molecule is COc1cc(OCc2ccccc2)ccc1C(O)c1cccn1C1=C(C(=O)c2ccc(C)cc2C)CC=C1. The first kappa shape index (κ1) is 25.3. The molecule has 5 nitrogen and oxygen atoms in total. The molecule has 1 aromatic heterocycles. The van der Waals surface area contributed by atoms with E-state index in [4.69, 9.17) is 9.47 Å². The first-order valence-electron chi connectivity index (χ1n) is 12.7. The molecular weight excluding hydrogens is 474 g/mol. The number of aromatic nitrogens is 1. The van der Waals surface area contributed by atoms with E-state index in [9.17, 15) is 9.90 Å². The van der Waals surface area contributed by atoms with E-state index in [1.807, 2.05) is 110 Å². The van der Waals surface area contributed by atoms with Gasteiger partial charge in [-0.1, -0.05) is 60.2 Å². The zero-order valence-corrected chi connectivity index (χ0v) is 21.8. The van der Waals surface area contributed by atoms with Crippen LogP contribution in [0.3, 0.4) is 0 Å². The minimum absolute atomic E-state index is 0.00846. The Labute approximate surface area is 223 Å². The number of rotatable bonds is 9. The number of Topliss-reactive ketones (excluding diaryl/α,β-unsaturated/α-hetero) is 1. The van der Waals surface area contributed by atoms with E-state index in [2.05, 4.69) is 0 Å². The normalized spacial score (nSPS) is 13.6. The quantitative estimate of drug-likeness (QED) is 0.253. The zero-order chi connectivity index (χ0) is 26.6. The van der Waals surface area contributed by atoms with Crippen molar-refractivity contribution in [1.82, 2.24) is 4.57 Å². The van der Waals surface area contributed by atoms with E-state index in [1.165, 1.54) is 0 Å². The van der Waals surface area contributed by atoms with E-state index in [0.717, 1.165) is 22.4 Å². The van der Waals surface area contributed by atoms with Gasteiger partial charge < -0.3 is 19.1 Å². The van der Waals surface area contributed by atoms with Gasteiger partial charge in [-0.2, -0.15) is 0 Å². The van der Waals surface area contributed by atoms with Gasteiger partial charge in [0.15, 0.2) is 5.78 Å². The highest BCUT2D eigenvalue weighted by molar-refractivity contribution is 6.14. The maximum absolute atomic E-state index is 13.5. The van der Waals surface area contributed by atoms with Crippen LogP contribution < -0.4 is 9.47 Å². The second kappa shape index (κ2) is 11.0. The van der Waals surface area contributed by atoms with Crippen molar-refractivity contribution in [2.24, 2.45) is 0 Å². The molecule has 0 radical (unpaired) electrons. The van der Waals surface area contributed by atoms with Crippen LogP contribution in [0.2, 0.25) is 0 Å². The van der Waals surface area contributed by atoms with Crippen molar-refractivity contribution in [3.63, 3.8) is 0 Å². The number of carbonyl (C=O) groups excluding carboxylic acids is 1. The van der Waals surface area contributed by atoms with Gasteiger partial charge >= 0.3 is 0 Å². The molecule has 1 atom stereocenters. The lowest BCUT2D eigenvalue weighted by Crippen LogP contribution is -2.12. The summed E-state index contributed by atoms with van der Waals surface area (Å²) in [6.07, 6.45) is 5.39. The van der Waals surface area contributed by atoms with Crippen molar-refractivity contribution in [3.8, 4) is 11.5 Å². The summed E-state index contributed by atoms with van der Waals surface area (Å²) in [6, 6.07) is 25.0. The summed E-state index contributed by atoms with van der Waals surface area (Å²) in [6.45, 7) is 4.42. The largest absolute Gasteiger partial charge is 0.496 e. The minimum atomic E-state index is -0.970. The molecule has 0 spiro atoms. The van der Waals surface area contributed by atoms with Crippen LogP contribution in [-0.2, 0) is 6.61 Å². The number of carbonyl (C=O) groups is 1. The highest BCUT2D eigenvalue weighted by Crippen LogP contribution is 2.36. The van der Waals surface area contributed by atoms with E-state index < -0.39 is 6.10 Å². The van der Waals surface area contributed by atoms with Crippen LogP contribution in [0, 0.1) is 13.8 Å². The van der Waals surface area contributed by atoms with E-state index in [0.29, 0.717) is 46.9 Å². The number of methoxy groups -OCH3 is 1. The first-order chi connectivity index (χ1) is 18.5. The summed E-state index contributed by atoms with van der Waals surface area (Å²) >= 11 is 0. The molecule has 0 bridgehead atoms. The van der Waals surface area contributed by atoms with Crippen LogP contribution in [0.1, 0.15) is 50.8 Å². The van der Waals surface area contributed by atoms with Gasteiger partial charge in [0, 0.05) is 29.0 Å². The molecule has 1 heterocycles. The Kier molecular flexibility index (Phi) is 7.29. The number of benzene rings is 3. The zero-order valence-electron chi connectivity index (χ0n) is 21.8. The lowest BCUT2D eigenvalue weighted by Gasteiger charge is -2.19. The summed E-state index contributed by atoms with van der Waals surface area (Å²) in [5.74, 6) is 1.19. The van der Waals surface area contributed by atoms with Gasteiger partial charge in [-0.3, -0.25) is 4.79 Å². The molecule has 1 aliphatic rings. The van der Waals surface area contributed by atoms with Gasteiger partial charge in [0.1, 0.15) is 24.2 Å². The molecule has 1 unspecified atom stereocenters. The van der Waals surface area contributed by atoms with Gasteiger partial charge in [-0.05, 0) is 61.7 Å². The summed E-state index contributed by atoms with van der Waals surface area (Å²) in [7, 11) is 1.58. The molecule has 1 N–H and O–H groups in total. The molecule has 5 heteroatoms. The Hall–Kier alpha value is -4.35. The van der Waals surface area contributed by atoms with Crippen LogP contribution in [0.5, 0.6) is 11.5 Å². The van der Waals surface area contributed by atoms with Crippen molar-refractivity contribution >= 4 is 11.5 Å². The molecule has 3 aromatic carbocycles. The molecule has 1 aliphatic carbocycles. The van der Waals surface area contributed by atoms with Gasteiger partial charge in [0.2, 0.25) is 0 Å². The van der Waals surface area contributed by atoms with Crippen molar-refractivity contribution in [3.05, 3.63) is 136 Å². The van der Waals surface area contributed by atoms with Crippen LogP contribution in [0.4, 0.5) is 0 Å². The molecule has 0 fully saturated rings. The summed E-state index contributed by atoms with van der Waals surface area (Å²) in [4.78, 5) is 13.5. The molecule has 0 saturated heterocycles. The Balaban J connectivity index is 1.43. The Morgan fingerprint density at radius 1 is 1.00 bits per heavy atom. The Bertz CT molecular complexity index is 1530. The fourth-order valence-electron chi connectivity index (χ4n) is 4.90. The smallest absolute Gasteiger partial charge is 0.191 e. The number of ether oxygens (including phenoxy) is 2. The molecule has 0 saturated carbocycles. The topological polar surface area (TPSA) is 60.7 Å². The third kappa shape index (κ3) is 5.06. The monoisotopic (exact) mass is 505 g/mol. The standard InChI is InChI=1S/C33H31NO4/c1-22-14-16-26(23(2)19-22)32(35)27-11-7-12-29(27)34-18-8-13-30(34)33(36)28-17-15-25(20-31(28)37-3)38-21-24-9-5-4-6-10-24/h4-10,12-20,33,36H,11,21H2,1-3H3. The predicted molar refractivity (Wildman–Crippen MR) is 149 cm³/mol. The van der Waals surface area contributed by atoms with Crippen molar-refractivity contribution in [2.45, 2.75) is 33.0 Å². The Morgan fingerprint density at radius 3 is 2.58 bits per heavy atom. The third-order valence-corrected chi connectivity index (χ3v) is 6.88. The van der Waals surface area contributed by atoms with Gasteiger partial charge in [-0.15, -0.1) is 0 Å². The van der Waals surface area contributed by atoms with Crippen LogP contribution in [0.25, 0.3) is 5.70 Å². The number of aliphatic hydroxyl groups is 1. The van der Waals surface area contributed by atoms with Gasteiger partial charge in [-0.25, -0.2) is 0 Å². The number of hydrogen-bond acceptors (Lipinski definition) is 4. The van der Waals surface area contributed by atoms with Crippen LogP contribution in [-0.4, -0.2) is 22.6 Å². The minimum Gasteiger partial charge on any atom is -0.496 e.